The first-order valence-electron chi connectivity index (χ1n) is 10.5. The van der Waals surface area contributed by atoms with Crippen molar-refractivity contribution < 1.29 is 14.2 Å². The number of benzene rings is 2. The van der Waals surface area contributed by atoms with E-state index in [1.165, 1.54) is 21.5 Å². The molecule has 0 amide bonds. The first kappa shape index (κ1) is 23.2. The van der Waals surface area contributed by atoms with Crippen LogP contribution in [0.4, 0.5) is 0 Å². The zero-order valence-corrected chi connectivity index (χ0v) is 20.9. The predicted octanol–water partition coefficient (Wildman–Crippen LogP) is 6.13. The van der Waals surface area contributed by atoms with Gasteiger partial charge in [0.25, 0.3) is 0 Å². The molecule has 0 atom stereocenters. The maximum absolute atomic E-state index is 5.63. The van der Waals surface area contributed by atoms with Crippen molar-refractivity contribution in [2.75, 3.05) is 21.3 Å². The van der Waals surface area contributed by atoms with Crippen LogP contribution in [0.15, 0.2) is 59.1 Å². The van der Waals surface area contributed by atoms with E-state index in [0.29, 0.717) is 0 Å². The molecule has 3 rings (SSSR count). The van der Waals surface area contributed by atoms with Crippen molar-refractivity contribution in [2.45, 2.75) is 41.0 Å². The van der Waals surface area contributed by atoms with Gasteiger partial charge in [-0.2, -0.15) is 0 Å². The number of allylic oxidation sites excluding steroid dienone is 3. The molecule has 164 valence electrons. The first-order valence-corrected chi connectivity index (χ1v) is 11.8. The van der Waals surface area contributed by atoms with Gasteiger partial charge in [-0.15, -0.1) is 0 Å². The van der Waals surface area contributed by atoms with Crippen molar-refractivity contribution in [3.63, 3.8) is 0 Å². The van der Waals surface area contributed by atoms with Gasteiger partial charge in [-0.1, -0.05) is 6.58 Å². The van der Waals surface area contributed by atoms with Crippen LogP contribution in [0.25, 0.3) is 0 Å². The summed E-state index contributed by atoms with van der Waals surface area (Å²) in [5, 5.41) is 4.02. The largest absolute Gasteiger partial charge is 0.496 e. The van der Waals surface area contributed by atoms with Gasteiger partial charge in [-0.25, -0.2) is 0 Å². The Kier molecular flexibility index (Phi) is 6.96. The van der Waals surface area contributed by atoms with Crippen LogP contribution in [-0.2, 0) is 4.74 Å². The Morgan fingerprint density at radius 1 is 0.710 bits per heavy atom. The summed E-state index contributed by atoms with van der Waals surface area (Å²) >= 11 is 0. The van der Waals surface area contributed by atoms with Gasteiger partial charge in [0, 0.05) is 5.57 Å². The molecule has 0 aromatic heterocycles. The topological polar surface area (TPSA) is 27.7 Å². The Bertz CT molecular complexity index is 986. The van der Waals surface area contributed by atoms with E-state index in [-0.39, 0.29) is 0 Å². The average molecular weight is 437 g/mol. The van der Waals surface area contributed by atoms with E-state index in [4.69, 9.17) is 14.2 Å². The summed E-state index contributed by atoms with van der Waals surface area (Å²) in [7, 11) is 4.45. The molecule has 0 heterocycles. The highest BCUT2D eigenvalue weighted by Crippen LogP contribution is 2.50. The zero-order chi connectivity index (χ0) is 22.9. The Balaban J connectivity index is 2.23. The van der Waals surface area contributed by atoms with E-state index >= 15 is 0 Å². The third kappa shape index (κ3) is 4.43. The third-order valence-corrected chi connectivity index (χ3v) is 8.18. The number of rotatable bonds is 6. The average Bonchev–Trinajstić information content (AvgIpc) is 2.67. The smallest absolute Gasteiger partial charge is 0.124 e. The van der Waals surface area contributed by atoms with E-state index in [1.807, 2.05) is 0 Å². The summed E-state index contributed by atoms with van der Waals surface area (Å²) in [5.41, 5.74) is 6.80. The Hall–Kier alpha value is -2.51. The second-order valence-corrected chi connectivity index (χ2v) is 10.5. The number of methoxy groups -OCH3 is 3. The molecule has 2 aromatic carbocycles. The summed E-state index contributed by atoms with van der Waals surface area (Å²) in [5.74, 6) is 2.82. The fourth-order valence-corrected chi connectivity index (χ4v) is 7.56. The standard InChI is InChI=1S/C27H33O3P/c1-16-10-22(11-17(2)25(16)28-7)31(23-12-18(3)26(29-8)19(4)13-23)24-14-20(5)27(30-9)21(6)15-24/h10,12-15H,1,11H2,2-9H3. The second-order valence-electron chi connectivity index (χ2n) is 8.21. The van der Waals surface area contributed by atoms with Crippen LogP contribution in [0.5, 0.6) is 11.5 Å². The van der Waals surface area contributed by atoms with Gasteiger partial charge in [0.15, 0.2) is 0 Å². The maximum Gasteiger partial charge on any atom is 0.124 e. The lowest BCUT2D eigenvalue weighted by molar-refractivity contribution is 0.296. The van der Waals surface area contributed by atoms with Crippen molar-refractivity contribution in [1.82, 2.24) is 0 Å². The SMILES string of the molecule is C=C1C=C(P(c2cc(C)c(OC)c(C)c2)c2cc(C)c(OC)c(C)c2)CC(C)=C1OC. The number of hydrogen-bond acceptors (Lipinski definition) is 3. The molecular formula is C27H33O3P. The van der Waals surface area contributed by atoms with E-state index in [9.17, 15) is 0 Å². The minimum absolute atomic E-state index is 0.747. The number of hydrogen-bond donors (Lipinski definition) is 0. The molecule has 1 aliphatic carbocycles. The van der Waals surface area contributed by atoms with Crippen LogP contribution < -0.4 is 20.1 Å². The van der Waals surface area contributed by atoms with E-state index < -0.39 is 7.92 Å². The monoisotopic (exact) mass is 436 g/mol. The number of ether oxygens (including phenoxy) is 3. The minimum atomic E-state index is -0.747. The molecule has 4 heteroatoms. The zero-order valence-electron chi connectivity index (χ0n) is 20.0. The van der Waals surface area contributed by atoms with Gasteiger partial charge < -0.3 is 14.2 Å². The third-order valence-electron chi connectivity index (χ3n) is 5.77. The van der Waals surface area contributed by atoms with Crippen molar-refractivity contribution >= 4 is 18.5 Å². The summed E-state index contributed by atoms with van der Waals surface area (Å²) in [6.45, 7) is 14.9. The molecule has 0 spiro atoms. The van der Waals surface area contributed by atoms with E-state index in [1.54, 1.807) is 21.3 Å². The van der Waals surface area contributed by atoms with Crippen molar-refractivity contribution in [3.8, 4) is 11.5 Å². The van der Waals surface area contributed by atoms with Crippen LogP contribution in [0.2, 0.25) is 0 Å². The van der Waals surface area contributed by atoms with Crippen molar-refractivity contribution in [1.29, 1.82) is 0 Å². The van der Waals surface area contributed by atoms with Gasteiger partial charge in [0.1, 0.15) is 17.3 Å². The van der Waals surface area contributed by atoms with Crippen LogP contribution in [0, 0.1) is 27.7 Å². The molecule has 0 saturated heterocycles. The van der Waals surface area contributed by atoms with Gasteiger partial charge in [-0.05, 0) is 123 Å². The van der Waals surface area contributed by atoms with E-state index in [0.717, 1.165) is 51.5 Å². The van der Waals surface area contributed by atoms with Crippen LogP contribution >= 0.6 is 7.92 Å². The molecule has 1 aliphatic rings. The fraction of sp³-hybridized carbons (Fsp3) is 0.333. The molecule has 0 radical (unpaired) electrons. The minimum Gasteiger partial charge on any atom is -0.496 e. The lowest BCUT2D eigenvalue weighted by Crippen LogP contribution is -2.18. The molecule has 2 aromatic rings. The molecule has 3 nitrogen and oxygen atoms in total. The molecule has 0 saturated carbocycles. The summed E-state index contributed by atoms with van der Waals surface area (Å²) in [6, 6.07) is 9.11. The lowest BCUT2D eigenvalue weighted by Gasteiger charge is -2.28. The highest BCUT2D eigenvalue weighted by molar-refractivity contribution is 7.76. The van der Waals surface area contributed by atoms with Gasteiger partial charge in [0.2, 0.25) is 0 Å². The summed E-state index contributed by atoms with van der Waals surface area (Å²) in [4.78, 5) is 0. The molecule has 31 heavy (non-hydrogen) atoms. The molecule has 0 bridgehead atoms. The normalized spacial score (nSPS) is 14.1. The van der Waals surface area contributed by atoms with Crippen LogP contribution in [-0.4, -0.2) is 21.3 Å². The Morgan fingerprint density at radius 2 is 1.13 bits per heavy atom. The summed E-state index contributed by atoms with van der Waals surface area (Å²) < 4.78 is 16.9. The highest BCUT2D eigenvalue weighted by Gasteiger charge is 2.26. The van der Waals surface area contributed by atoms with Crippen LogP contribution in [0.3, 0.4) is 0 Å². The Labute approximate surface area is 188 Å². The maximum atomic E-state index is 5.63. The van der Waals surface area contributed by atoms with Crippen molar-refractivity contribution in [2.24, 2.45) is 0 Å². The van der Waals surface area contributed by atoms with Gasteiger partial charge in [0.05, 0.1) is 21.3 Å². The molecular weight excluding hydrogens is 403 g/mol. The fourth-order valence-electron chi connectivity index (χ4n) is 4.63. The molecule has 0 unspecified atom stereocenters. The molecule has 0 aliphatic heterocycles. The van der Waals surface area contributed by atoms with Crippen LogP contribution in [0.1, 0.15) is 35.6 Å². The van der Waals surface area contributed by atoms with E-state index in [2.05, 4.69) is 71.5 Å². The first-order chi connectivity index (χ1) is 14.7. The predicted molar refractivity (Wildman–Crippen MR) is 133 cm³/mol. The number of aryl methyl sites for hydroxylation is 4. The quantitative estimate of drug-likeness (QED) is 0.510. The van der Waals surface area contributed by atoms with Gasteiger partial charge >= 0.3 is 0 Å². The molecule has 0 N–H and O–H groups in total. The highest BCUT2D eigenvalue weighted by atomic mass is 31.1. The summed E-state index contributed by atoms with van der Waals surface area (Å²) in [6.07, 6.45) is 3.10. The van der Waals surface area contributed by atoms with Gasteiger partial charge in [-0.3, -0.25) is 0 Å². The van der Waals surface area contributed by atoms with Crippen molar-refractivity contribution in [3.05, 3.63) is 81.4 Å². The Morgan fingerprint density at radius 3 is 1.45 bits per heavy atom. The molecule has 0 fully saturated rings. The second kappa shape index (κ2) is 9.32. The lowest BCUT2D eigenvalue weighted by atomic mass is 10.0.